The molecule has 1 aromatic rings. The summed E-state index contributed by atoms with van der Waals surface area (Å²) in [5.41, 5.74) is 8.01. The van der Waals surface area contributed by atoms with Crippen molar-refractivity contribution in [1.29, 1.82) is 0 Å². The van der Waals surface area contributed by atoms with Gasteiger partial charge >= 0.3 is 0 Å². The summed E-state index contributed by atoms with van der Waals surface area (Å²) in [6.45, 7) is 4.11. The van der Waals surface area contributed by atoms with E-state index in [4.69, 9.17) is 5.73 Å². The summed E-state index contributed by atoms with van der Waals surface area (Å²) in [4.78, 5) is 4.19. The van der Waals surface area contributed by atoms with Crippen molar-refractivity contribution in [3.05, 3.63) is 29.6 Å². The molecule has 60 valence electrons. The van der Waals surface area contributed by atoms with Gasteiger partial charge in [-0.1, -0.05) is 6.92 Å². The largest absolute Gasteiger partial charge is 0.323 e. The highest BCUT2D eigenvalue weighted by Crippen LogP contribution is 2.10. The molecule has 0 fully saturated rings. The third kappa shape index (κ3) is 2.02. The van der Waals surface area contributed by atoms with Crippen molar-refractivity contribution in [2.24, 2.45) is 5.73 Å². The topological polar surface area (TPSA) is 38.9 Å². The number of nitrogens with two attached hydrogens (primary N) is 1. The molecule has 1 heterocycles. The molecule has 0 spiro atoms. The minimum absolute atomic E-state index is 0.0925. The molecular weight excluding hydrogens is 136 g/mol. The first-order valence-electron chi connectivity index (χ1n) is 3.92. The zero-order valence-corrected chi connectivity index (χ0v) is 7.04. The molecule has 2 heteroatoms. The highest BCUT2D eigenvalue weighted by atomic mass is 14.8. The molecule has 0 saturated carbocycles. The van der Waals surface area contributed by atoms with Gasteiger partial charge in [0.1, 0.15) is 0 Å². The van der Waals surface area contributed by atoms with Crippen LogP contribution in [0.4, 0.5) is 0 Å². The molecule has 0 amide bonds. The quantitative estimate of drug-likeness (QED) is 0.698. The number of pyridine rings is 1. The Balaban J connectivity index is 2.86. The first-order chi connectivity index (χ1) is 5.24. The van der Waals surface area contributed by atoms with E-state index in [9.17, 15) is 0 Å². The zero-order chi connectivity index (χ0) is 8.27. The van der Waals surface area contributed by atoms with Crippen LogP contribution in [0.25, 0.3) is 0 Å². The Kier molecular flexibility index (Phi) is 2.60. The fourth-order valence-electron chi connectivity index (χ4n) is 0.971. The van der Waals surface area contributed by atoms with E-state index < -0.39 is 0 Å². The van der Waals surface area contributed by atoms with Crippen LogP contribution in [0, 0.1) is 6.92 Å². The molecule has 2 nitrogen and oxygen atoms in total. The second-order valence-electron chi connectivity index (χ2n) is 2.77. The van der Waals surface area contributed by atoms with Crippen molar-refractivity contribution in [3.63, 3.8) is 0 Å². The van der Waals surface area contributed by atoms with Gasteiger partial charge in [0.25, 0.3) is 0 Å². The summed E-state index contributed by atoms with van der Waals surface area (Å²) in [6.07, 6.45) is 2.75. The number of hydrogen-bond acceptors (Lipinski definition) is 2. The van der Waals surface area contributed by atoms with Crippen molar-refractivity contribution in [2.75, 3.05) is 0 Å². The van der Waals surface area contributed by atoms with Crippen LogP contribution in [0.1, 0.15) is 30.6 Å². The van der Waals surface area contributed by atoms with Crippen molar-refractivity contribution < 1.29 is 0 Å². The van der Waals surface area contributed by atoms with E-state index in [1.54, 1.807) is 6.20 Å². The third-order valence-corrected chi connectivity index (χ3v) is 1.76. The maximum Gasteiger partial charge on any atom is 0.0573 e. The third-order valence-electron chi connectivity index (χ3n) is 1.76. The van der Waals surface area contributed by atoms with Crippen molar-refractivity contribution in [2.45, 2.75) is 26.3 Å². The minimum atomic E-state index is 0.0925. The maximum absolute atomic E-state index is 5.80. The molecular formula is C9H14N2. The zero-order valence-electron chi connectivity index (χ0n) is 7.04. The van der Waals surface area contributed by atoms with Crippen molar-refractivity contribution in [1.82, 2.24) is 4.98 Å². The van der Waals surface area contributed by atoms with Crippen LogP contribution in [0.5, 0.6) is 0 Å². The molecule has 11 heavy (non-hydrogen) atoms. The lowest BCUT2D eigenvalue weighted by atomic mass is 10.1. The first-order valence-corrected chi connectivity index (χ1v) is 3.92. The van der Waals surface area contributed by atoms with Crippen molar-refractivity contribution in [3.8, 4) is 0 Å². The van der Waals surface area contributed by atoms with E-state index in [1.807, 2.05) is 19.1 Å². The van der Waals surface area contributed by atoms with Crippen LogP contribution < -0.4 is 5.73 Å². The first kappa shape index (κ1) is 8.21. The molecule has 0 bridgehead atoms. The van der Waals surface area contributed by atoms with Crippen LogP contribution in [-0.4, -0.2) is 4.98 Å². The molecule has 0 aliphatic carbocycles. The number of aromatic nitrogens is 1. The van der Waals surface area contributed by atoms with E-state index in [-0.39, 0.29) is 6.04 Å². The van der Waals surface area contributed by atoms with Gasteiger partial charge in [-0.05, 0) is 31.0 Å². The van der Waals surface area contributed by atoms with Gasteiger partial charge in [-0.3, -0.25) is 4.98 Å². The monoisotopic (exact) mass is 150 g/mol. The molecule has 1 aromatic heterocycles. The fourth-order valence-corrected chi connectivity index (χ4v) is 0.971. The molecule has 0 saturated heterocycles. The lowest BCUT2D eigenvalue weighted by Crippen LogP contribution is -2.10. The lowest BCUT2D eigenvalue weighted by molar-refractivity contribution is 0.674. The second-order valence-corrected chi connectivity index (χ2v) is 2.77. The van der Waals surface area contributed by atoms with Gasteiger partial charge in [0.2, 0.25) is 0 Å². The Labute approximate surface area is 67.5 Å². The van der Waals surface area contributed by atoms with Gasteiger partial charge in [0.05, 0.1) is 5.69 Å². The van der Waals surface area contributed by atoms with Gasteiger partial charge < -0.3 is 5.73 Å². The predicted molar refractivity (Wildman–Crippen MR) is 46.2 cm³/mol. The molecule has 0 radical (unpaired) electrons. The second kappa shape index (κ2) is 3.49. The predicted octanol–water partition coefficient (Wildman–Crippen LogP) is 1.80. The minimum Gasteiger partial charge on any atom is -0.323 e. The number of aryl methyl sites for hydroxylation is 1. The Morgan fingerprint density at radius 1 is 1.64 bits per heavy atom. The van der Waals surface area contributed by atoms with E-state index in [0.717, 1.165) is 12.1 Å². The average molecular weight is 150 g/mol. The highest BCUT2D eigenvalue weighted by molar-refractivity contribution is 5.16. The summed E-state index contributed by atoms with van der Waals surface area (Å²) in [7, 11) is 0. The molecule has 0 aliphatic heterocycles. The SMILES string of the molecule is CC[C@@H](N)c1cc(C)ccn1. The molecule has 0 unspecified atom stereocenters. The van der Waals surface area contributed by atoms with E-state index >= 15 is 0 Å². The Morgan fingerprint density at radius 2 is 2.36 bits per heavy atom. The van der Waals surface area contributed by atoms with Crippen LogP contribution in [0.15, 0.2) is 18.3 Å². The molecule has 0 aliphatic rings. The lowest BCUT2D eigenvalue weighted by Gasteiger charge is -2.07. The number of rotatable bonds is 2. The maximum atomic E-state index is 5.80. The number of hydrogen-bond donors (Lipinski definition) is 1. The smallest absolute Gasteiger partial charge is 0.0573 e. The summed E-state index contributed by atoms with van der Waals surface area (Å²) in [5.74, 6) is 0. The number of nitrogens with zero attached hydrogens (tertiary/aromatic N) is 1. The molecule has 1 atom stereocenters. The van der Waals surface area contributed by atoms with Crippen LogP contribution in [-0.2, 0) is 0 Å². The molecule has 0 aromatic carbocycles. The summed E-state index contributed by atoms with van der Waals surface area (Å²) in [5, 5.41) is 0. The molecule has 2 N–H and O–H groups in total. The van der Waals surface area contributed by atoms with Gasteiger partial charge in [-0.25, -0.2) is 0 Å². The highest BCUT2D eigenvalue weighted by Gasteiger charge is 2.02. The standard InChI is InChI=1S/C9H14N2/c1-3-8(10)9-6-7(2)4-5-11-9/h4-6,8H,3,10H2,1-2H3/t8-/m1/s1. The van der Waals surface area contributed by atoms with E-state index in [0.29, 0.717) is 0 Å². The van der Waals surface area contributed by atoms with Gasteiger partial charge in [-0.15, -0.1) is 0 Å². The van der Waals surface area contributed by atoms with Gasteiger partial charge in [0.15, 0.2) is 0 Å². The summed E-state index contributed by atoms with van der Waals surface area (Å²) in [6, 6.07) is 4.11. The summed E-state index contributed by atoms with van der Waals surface area (Å²) >= 11 is 0. The Morgan fingerprint density at radius 3 is 2.91 bits per heavy atom. The fraction of sp³-hybridized carbons (Fsp3) is 0.444. The average Bonchev–Trinajstić information content (AvgIpc) is 2.03. The van der Waals surface area contributed by atoms with E-state index in [1.165, 1.54) is 5.56 Å². The van der Waals surface area contributed by atoms with Crippen molar-refractivity contribution >= 4 is 0 Å². The Bertz CT molecular complexity index is 233. The van der Waals surface area contributed by atoms with Crippen LogP contribution in [0.2, 0.25) is 0 Å². The summed E-state index contributed by atoms with van der Waals surface area (Å²) < 4.78 is 0. The molecule has 1 rings (SSSR count). The van der Waals surface area contributed by atoms with Crippen LogP contribution in [0.3, 0.4) is 0 Å². The van der Waals surface area contributed by atoms with Gasteiger partial charge in [-0.2, -0.15) is 0 Å². The van der Waals surface area contributed by atoms with E-state index in [2.05, 4.69) is 11.9 Å². The van der Waals surface area contributed by atoms with Crippen LogP contribution >= 0.6 is 0 Å². The Hall–Kier alpha value is -0.890. The van der Waals surface area contributed by atoms with Gasteiger partial charge in [0, 0.05) is 12.2 Å². The normalized spacial score (nSPS) is 13.0.